The van der Waals surface area contributed by atoms with Crippen LogP contribution < -0.4 is 29.7 Å². The zero-order valence-corrected chi connectivity index (χ0v) is 17.8. The molecule has 0 saturated heterocycles. The van der Waals surface area contributed by atoms with E-state index in [2.05, 4.69) is 5.32 Å². The van der Waals surface area contributed by atoms with Crippen LogP contribution in [0.5, 0.6) is 23.0 Å². The number of nitrogens with zero attached hydrogens (tertiary/aromatic N) is 1. The molecule has 0 bridgehead atoms. The van der Waals surface area contributed by atoms with Gasteiger partial charge in [0.15, 0.2) is 17.2 Å². The molecule has 3 rings (SSSR count). The Morgan fingerprint density at radius 3 is 2.16 bits per heavy atom. The van der Waals surface area contributed by atoms with Crippen molar-refractivity contribution in [3.05, 3.63) is 76.2 Å². The molecule has 8 heteroatoms. The fourth-order valence-corrected chi connectivity index (χ4v) is 3.02. The molecule has 2 aromatic carbocycles. The van der Waals surface area contributed by atoms with Crippen LogP contribution in [-0.2, 0) is 13.7 Å². The lowest BCUT2D eigenvalue weighted by Gasteiger charge is -2.15. The van der Waals surface area contributed by atoms with E-state index in [1.807, 2.05) is 30.3 Å². The monoisotopic (exact) mass is 424 g/mol. The lowest BCUT2D eigenvalue weighted by molar-refractivity contribution is 0.101. The van der Waals surface area contributed by atoms with Crippen molar-refractivity contribution in [1.82, 2.24) is 4.57 Å². The van der Waals surface area contributed by atoms with Crippen molar-refractivity contribution >= 4 is 11.6 Å². The maximum absolute atomic E-state index is 12.8. The SMILES string of the molecule is COc1cc(NC(=O)c2cc(=O)c(OCc3ccccc3)cn2C)cc(OC)c1OC. The third kappa shape index (κ3) is 4.98. The highest BCUT2D eigenvalue weighted by atomic mass is 16.5. The average Bonchev–Trinajstić information content (AvgIpc) is 2.79. The number of amides is 1. The number of rotatable bonds is 8. The molecule has 0 aliphatic heterocycles. The topological polar surface area (TPSA) is 88.0 Å². The van der Waals surface area contributed by atoms with Crippen LogP contribution in [0.15, 0.2) is 59.5 Å². The maximum Gasteiger partial charge on any atom is 0.272 e. The number of pyridine rings is 1. The van der Waals surface area contributed by atoms with Gasteiger partial charge in [-0.3, -0.25) is 9.59 Å². The van der Waals surface area contributed by atoms with Gasteiger partial charge < -0.3 is 28.8 Å². The van der Waals surface area contributed by atoms with Crippen LogP contribution in [0.3, 0.4) is 0 Å². The van der Waals surface area contributed by atoms with Crippen LogP contribution in [0.25, 0.3) is 0 Å². The Hall–Kier alpha value is -3.94. The molecule has 3 aromatic rings. The van der Waals surface area contributed by atoms with Crippen molar-refractivity contribution in [3.8, 4) is 23.0 Å². The van der Waals surface area contributed by atoms with Gasteiger partial charge in [-0.15, -0.1) is 0 Å². The van der Waals surface area contributed by atoms with Crippen LogP contribution in [-0.4, -0.2) is 31.8 Å². The molecule has 1 heterocycles. The Morgan fingerprint density at radius 1 is 0.935 bits per heavy atom. The van der Waals surface area contributed by atoms with E-state index in [1.54, 1.807) is 19.2 Å². The van der Waals surface area contributed by atoms with Gasteiger partial charge in [-0.25, -0.2) is 0 Å². The van der Waals surface area contributed by atoms with E-state index in [-0.39, 0.29) is 23.5 Å². The molecule has 8 nitrogen and oxygen atoms in total. The molecule has 0 atom stereocenters. The van der Waals surface area contributed by atoms with Crippen molar-refractivity contribution in [3.63, 3.8) is 0 Å². The molecule has 0 radical (unpaired) electrons. The first-order valence-corrected chi connectivity index (χ1v) is 9.45. The molecule has 0 unspecified atom stereocenters. The summed E-state index contributed by atoms with van der Waals surface area (Å²) in [6.07, 6.45) is 1.50. The molecule has 1 aromatic heterocycles. The van der Waals surface area contributed by atoms with E-state index in [1.165, 1.54) is 38.2 Å². The first kappa shape index (κ1) is 21.8. The summed E-state index contributed by atoms with van der Waals surface area (Å²) in [6.45, 7) is 0.257. The molecule has 0 aliphatic rings. The molecule has 31 heavy (non-hydrogen) atoms. The van der Waals surface area contributed by atoms with Crippen molar-refractivity contribution in [2.75, 3.05) is 26.6 Å². The summed E-state index contributed by atoms with van der Waals surface area (Å²) < 4.78 is 23.1. The van der Waals surface area contributed by atoms with Gasteiger partial charge in [-0.2, -0.15) is 0 Å². The highest BCUT2D eigenvalue weighted by molar-refractivity contribution is 6.03. The zero-order chi connectivity index (χ0) is 22.4. The summed E-state index contributed by atoms with van der Waals surface area (Å²) in [4.78, 5) is 25.3. The van der Waals surface area contributed by atoms with Crippen molar-refractivity contribution < 1.29 is 23.7 Å². The summed E-state index contributed by atoms with van der Waals surface area (Å²) in [6, 6.07) is 14.0. The minimum Gasteiger partial charge on any atom is -0.493 e. The van der Waals surface area contributed by atoms with E-state index < -0.39 is 5.91 Å². The molecule has 0 fully saturated rings. The second kappa shape index (κ2) is 9.71. The van der Waals surface area contributed by atoms with Crippen molar-refractivity contribution in [2.45, 2.75) is 6.61 Å². The number of hydrogen-bond acceptors (Lipinski definition) is 6. The number of hydrogen-bond donors (Lipinski definition) is 1. The Bertz CT molecular complexity index is 1100. The third-order valence-corrected chi connectivity index (χ3v) is 4.59. The molecule has 1 amide bonds. The molecule has 1 N–H and O–H groups in total. The summed E-state index contributed by atoms with van der Waals surface area (Å²) >= 11 is 0. The lowest BCUT2D eigenvalue weighted by atomic mass is 10.2. The van der Waals surface area contributed by atoms with Crippen molar-refractivity contribution in [2.24, 2.45) is 7.05 Å². The Balaban J connectivity index is 1.81. The van der Waals surface area contributed by atoms with E-state index in [4.69, 9.17) is 18.9 Å². The van der Waals surface area contributed by atoms with Crippen LogP contribution in [0.2, 0.25) is 0 Å². The van der Waals surface area contributed by atoms with Gasteiger partial charge in [-0.05, 0) is 5.56 Å². The maximum atomic E-state index is 12.8. The molecular weight excluding hydrogens is 400 g/mol. The number of ether oxygens (including phenoxy) is 4. The highest BCUT2D eigenvalue weighted by Crippen LogP contribution is 2.40. The molecule has 0 aliphatic carbocycles. The number of methoxy groups -OCH3 is 3. The van der Waals surface area contributed by atoms with Gasteiger partial charge in [0.2, 0.25) is 11.2 Å². The van der Waals surface area contributed by atoms with Crippen LogP contribution in [0, 0.1) is 0 Å². The average molecular weight is 424 g/mol. The Labute approximate surface area is 179 Å². The van der Waals surface area contributed by atoms with Crippen LogP contribution in [0.1, 0.15) is 16.1 Å². The molecule has 162 valence electrons. The predicted molar refractivity (Wildman–Crippen MR) is 117 cm³/mol. The third-order valence-electron chi connectivity index (χ3n) is 4.59. The van der Waals surface area contributed by atoms with E-state index in [0.717, 1.165) is 5.56 Å². The number of carbonyl (C=O) groups is 1. The van der Waals surface area contributed by atoms with E-state index in [9.17, 15) is 9.59 Å². The van der Waals surface area contributed by atoms with Gasteiger partial charge >= 0.3 is 0 Å². The Kier molecular flexibility index (Phi) is 6.81. The summed E-state index contributed by atoms with van der Waals surface area (Å²) in [5.41, 5.74) is 1.15. The van der Waals surface area contributed by atoms with Gasteiger partial charge in [0, 0.05) is 30.9 Å². The predicted octanol–water partition coefficient (Wildman–Crippen LogP) is 3.24. The Morgan fingerprint density at radius 2 is 1.58 bits per heavy atom. The number of nitrogens with one attached hydrogen (secondary N) is 1. The fourth-order valence-electron chi connectivity index (χ4n) is 3.02. The minimum atomic E-state index is -0.469. The standard InChI is InChI=1S/C23H24N2O6/c1-25-13-21(31-14-15-8-6-5-7-9-15)18(26)12-17(25)23(27)24-16-10-19(28-2)22(30-4)20(11-16)29-3/h5-13H,14H2,1-4H3,(H,24,27). The van der Waals surface area contributed by atoms with Gasteiger partial charge in [-0.1, -0.05) is 30.3 Å². The van der Waals surface area contributed by atoms with Crippen molar-refractivity contribution in [1.29, 1.82) is 0 Å². The fraction of sp³-hybridized carbons (Fsp3) is 0.217. The summed E-state index contributed by atoms with van der Waals surface area (Å²) in [5.74, 6) is 0.904. The molecule has 0 saturated carbocycles. The van der Waals surface area contributed by atoms with E-state index in [0.29, 0.717) is 22.9 Å². The second-order valence-electron chi connectivity index (χ2n) is 6.64. The summed E-state index contributed by atoms with van der Waals surface area (Å²) in [7, 11) is 6.14. The van der Waals surface area contributed by atoms with Gasteiger partial charge in [0.25, 0.3) is 5.91 Å². The van der Waals surface area contributed by atoms with Crippen LogP contribution >= 0.6 is 0 Å². The summed E-state index contributed by atoms with van der Waals surface area (Å²) in [5, 5.41) is 2.75. The van der Waals surface area contributed by atoms with Crippen LogP contribution in [0.4, 0.5) is 5.69 Å². The number of benzene rings is 2. The normalized spacial score (nSPS) is 10.3. The molecular formula is C23H24N2O6. The number of anilines is 1. The molecule has 0 spiro atoms. The second-order valence-corrected chi connectivity index (χ2v) is 6.64. The minimum absolute atomic E-state index is 0.163. The quantitative estimate of drug-likeness (QED) is 0.597. The van der Waals surface area contributed by atoms with E-state index >= 15 is 0 Å². The first-order valence-electron chi connectivity index (χ1n) is 9.45. The number of aromatic nitrogens is 1. The smallest absolute Gasteiger partial charge is 0.272 e. The van der Waals surface area contributed by atoms with Gasteiger partial charge in [0.05, 0.1) is 27.5 Å². The largest absolute Gasteiger partial charge is 0.493 e. The first-order chi connectivity index (χ1) is 15.0. The highest BCUT2D eigenvalue weighted by Gasteiger charge is 2.17. The lowest BCUT2D eigenvalue weighted by Crippen LogP contribution is -2.21. The zero-order valence-electron chi connectivity index (χ0n) is 17.8. The number of carbonyl (C=O) groups excluding carboxylic acids is 1. The van der Waals surface area contributed by atoms with Gasteiger partial charge in [0.1, 0.15) is 12.3 Å². The number of aryl methyl sites for hydroxylation is 1.